The summed E-state index contributed by atoms with van der Waals surface area (Å²) in [6, 6.07) is 6.99. The Morgan fingerprint density at radius 1 is 1.21 bits per heavy atom. The van der Waals surface area contributed by atoms with E-state index in [1.807, 2.05) is 45.9 Å². The van der Waals surface area contributed by atoms with E-state index in [0.29, 0.717) is 17.9 Å². The van der Waals surface area contributed by atoms with Gasteiger partial charge in [-0.25, -0.2) is 8.42 Å². The van der Waals surface area contributed by atoms with Gasteiger partial charge in [-0.05, 0) is 56.4 Å². The zero-order valence-corrected chi connectivity index (χ0v) is 17.9. The summed E-state index contributed by atoms with van der Waals surface area (Å²) >= 11 is 0. The number of carbonyl (C=O) groups excluding carboxylic acids is 1. The van der Waals surface area contributed by atoms with Crippen molar-refractivity contribution in [3.63, 3.8) is 0 Å². The molecule has 0 aliphatic carbocycles. The van der Waals surface area contributed by atoms with Crippen molar-refractivity contribution in [3.8, 4) is 0 Å². The number of hydrogen-bond donors (Lipinski definition) is 1. The van der Waals surface area contributed by atoms with Crippen molar-refractivity contribution >= 4 is 27.3 Å². The number of nitrogens with zero attached hydrogens (tertiary/aromatic N) is 3. The van der Waals surface area contributed by atoms with Crippen LogP contribution in [0.25, 0.3) is 0 Å². The minimum Gasteiger partial charge on any atom is -0.324 e. The molecule has 1 aliphatic heterocycles. The molecule has 7 nitrogen and oxygen atoms in total. The van der Waals surface area contributed by atoms with Gasteiger partial charge in [0.05, 0.1) is 17.6 Å². The van der Waals surface area contributed by atoms with E-state index in [0.717, 1.165) is 29.8 Å². The summed E-state index contributed by atoms with van der Waals surface area (Å²) in [6.07, 6.45) is 2.83. The summed E-state index contributed by atoms with van der Waals surface area (Å²) in [5.41, 5.74) is 4.02. The number of aryl methyl sites for hydroxylation is 3. The van der Waals surface area contributed by atoms with Gasteiger partial charge < -0.3 is 5.32 Å². The van der Waals surface area contributed by atoms with Crippen LogP contribution in [0.5, 0.6) is 0 Å². The summed E-state index contributed by atoms with van der Waals surface area (Å²) in [7, 11) is -3.35. The molecule has 152 valence electrons. The maximum Gasteiger partial charge on any atom is 0.249 e. The molecule has 2 heterocycles. The zero-order valence-electron chi connectivity index (χ0n) is 17.1. The second kappa shape index (κ2) is 7.58. The van der Waals surface area contributed by atoms with Gasteiger partial charge in [-0.15, -0.1) is 0 Å². The molecule has 1 aromatic heterocycles. The predicted molar refractivity (Wildman–Crippen MR) is 111 cm³/mol. The van der Waals surface area contributed by atoms with Gasteiger partial charge in [-0.2, -0.15) is 5.10 Å². The monoisotopic (exact) mass is 404 g/mol. The number of aromatic nitrogens is 2. The first-order valence-electron chi connectivity index (χ1n) is 9.52. The molecule has 1 aromatic carbocycles. The largest absolute Gasteiger partial charge is 0.324 e. The molecule has 3 rings (SSSR count). The summed E-state index contributed by atoms with van der Waals surface area (Å²) in [5, 5.41) is 7.44. The van der Waals surface area contributed by atoms with Crippen molar-refractivity contribution in [1.29, 1.82) is 0 Å². The van der Waals surface area contributed by atoms with Crippen molar-refractivity contribution in [2.45, 2.75) is 46.6 Å². The number of hydrogen-bond acceptors (Lipinski definition) is 4. The van der Waals surface area contributed by atoms with Gasteiger partial charge in [0, 0.05) is 17.9 Å². The molecule has 0 saturated heterocycles. The van der Waals surface area contributed by atoms with Crippen molar-refractivity contribution < 1.29 is 13.2 Å². The fraction of sp³-hybridized carbons (Fsp3) is 0.500. The topological polar surface area (TPSA) is 84.3 Å². The highest BCUT2D eigenvalue weighted by Crippen LogP contribution is 2.32. The Bertz CT molecular complexity index is 995. The van der Waals surface area contributed by atoms with E-state index in [2.05, 4.69) is 10.4 Å². The van der Waals surface area contributed by atoms with Gasteiger partial charge in [0.25, 0.3) is 0 Å². The van der Waals surface area contributed by atoms with Gasteiger partial charge in [0.2, 0.25) is 15.9 Å². The average Bonchev–Trinajstić information content (AvgIpc) is 2.91. The third-order valence-electron chi connectivity index (χ3n) is 5.04. The van der Waals surface area contributed by atoms with Crippen LogP contribution in [-0.2, 0) is 21.2 Å². The summed E-state index contributed by atoms with van der Waals surface area (Å²) in [4.78, 5) is 13.1. The van der Waals surface area contributed by atoms with Gasteiger partial charge in [-0.1, -0.05) is 19.9 Å². The first-order valence-corrected chi connectivity index (χ1v) is 11.4. The Labute approximate surface area is 166 Å². The Hall–Kier alpha value is -2.35. The van der Waals surface area contributed by atoms with E-state index in [9.17, 15) is 13.2 Å². The van der Waals surface area contributed by atoms with Crippen LogP contribution >= 0.6 is 0 Å². The van der Waals surface area contributed by atoms with Crippen LogP contribution in [0.1, 0.15) is 43.3 Å². The highest BCUT2D eigenvalue weighted by Gasteiger charge is 2.28. The van der Waals surface area contributed by atoms with Crippen LogP contribution in [-0.4, -0.2) is 36.9 Å². The molecule has 2 aromatic rings. The highest BCUT2D eigenvalue weighted by molar-refractivity contribution is 7.92. The Morgan fingerprint density at radius 2 is 1.93 bits per heavy atom. The standard InChI is InChI=1S/C20H28N4O3S/c1-13(2)19(24-15(4)11-14(3)22-24)20(25)21-17-9-8-16-7-6-10-23(18(16)12-17)28(5,26)27/h8-9,11-13,19H,6-7,10H2,1-5H3,(H,21,25). The van der Waals surface area contributed by atoms with Crippen LogP contribution in [0.15, 0.2) is 24.3 Å². The van der Waals surface area contributed by atoms with Crippen molar-refractivity contribution in [2.24, 2.45) is 5.92 Å². The first kappa shape index (κ1) is 20.4. The molecule has 0 radical (unpaired) electrons. The number of benzene rings is 1. The first-order chi connectivity index (χ1) is 13.1. The van der Waals surface area contributed by atoms with Crippen LogP contribution in [0.4, 0.5) is 11.4 Å². The number of rotatable bonds is 5. The van der Waals surface area contributed by atoms with E-state index in [1.165, 1.54) is 10.6 Å². The zero-order chi connectivity index (χ0) is 20.6. The molecule has 1 unspecified atom stereocenters. The quantitative estimate of drug-likeness (QED) is 0.830. The lowest BCUT2D eigenvalue weighted by atomic mass is 10.0. The maximum absolute atomic E-state index is 13.1. The minimum absolute atomic E-state index is 0.0446. The van der Waals surface area contributed by atoms with E-state index >= 15 is 0 Å². The lowest BCUT2D eigenvalue weighted by Gasteiger charge is -2.30. The summed E-state index contributed by atoms with van der Waals surface area (Å²) in [6.45, 7) is 8.27. The fourth-order valence-electron chi connectivity index (χ4n) is 3.80. The molecular formula is C20H28N4O3S. The SMILES string of the molecule is Cc1cc(C)n(C(C(=O)Nc2ccc3c(c2)N(S(C)(=O)=O)CCC3)C(C)C)n1. The van der Waals surface area contributed by atoms with Crippen molar-refractivity contribution in [1.82, 2.24) is 9.78 Å². The smallest absolute Gasteiger partial charge is 0.249 e. The molecule has 8 heteroatoms. The van der Waals surface area contributed by atoms with Crippen molar-refractivity contribution in [3.05, 3.63) is 41.2 Å². The molecule has 1 amide bonds. The number of fused-ring (bicyclic) bond motifs is 1. The van der Waals surface area contributed by atoms with E-state index in [1.54, 1.807) is 10.7 Å². The van der Waals surface area contributed by atoms with Crippen LogP contribution in [0, 0.1) is 19.8 Å². The summed E-state index contributed by atoms with van der Waals surface area (Å²) in [5.74, 6) is -0.119. The van der Waals surface area contributed by atoms with Crippen molar-refractivity contribution in [2.75, 3.05) is 22.4 Å². The number of anilines is 2. The van der Waals surface area contributed by atoms with Gasteiger partial charge in [-0.3, -0.25) is 13.8 Å². The third-order valence-corrected chi connectivity index (χ3v) is 6.22. The lowest BCUT2D eigenvalue weighted by Crippen LogP contribution is -2.35. The van der Waals surface area contributed by atoms with Gasteiger partial charge >= 0.3 is 0 Å². The molecule has 1 aliphatic rings. The number of sulfonamides is 1. The number of nitrogens with one attached hydrogen (secondary N) is 1. The molecule has 28 heavy (non-hydrogen) atoms. The number of amides is 1. The van der Waals surface area contributed by atoms with Crippen LogP contribution in [0.2, 0.25) is 0 Å². The number of carbonyl (C=O) groups is 1. The normalized spacial score (nSPS) is 15.4. The highest BCUT2D eigenvalue weighted by atomic mass is 32.2. The molecule has 0 bridgehead atoms. The van der Waals surface area contributed by atoms with Crippen LogP contribution < -0.4 is 9.62 Å². The Kier molecular flexibility index (Phi) is 5.52. The molecule has 0 fully saturated rings. The Balaban J connectivity index is 1.90. The van der Waals surface area contributed by atoms with Gasteiger partial charge in [0.1, 0.15) is 6.04 Å². The molecule has 0 saturated carbocycles. The summed E-state index contributed by atoms with van der Waals surface area (Å²) < 4.78 is 27.4. The maximum atomic E-state index is 13.1. The lowest BCUT2D eigenvalue weighted by molar-refractivity contribution is -0.120. The minimum atomic E-state index is -3.35. The average molecular weight is 405 g/mol. The predicted octanol–water partition coefficient (Wildman–Crippen LogP) is 3.05. The van der Waals surface area contributed by atoms with Crippen LogP contribution in [0.3, 0.4) is 0 Å². The van der Waals surface area contributed by atoms with E-state index < -0.39 is 16.1 Å². The van der Waals surface area contributed by atoms with Gasteiger partial charge in [0.15, 0.2) is 0 Å². The molecular weight excluding hydrogens is 376 g/mol. The molecule has 1 atom stereocenters. The second-order valence-corrected chi connectivity index (χ2v) is 9.74. The van der Waals surface area contributed by atoms with E-state index in [-0.39, 0.29) is 11.8 Å². The molecule has 1 N–H and O–H groups in total. The fourth-order valence-corrected chi connectivity index (χ4v) is 4.79. The van der Waals surface area contributed by atoms with E-state index in [4.69, 9.17) is 0 Å². The second-order valence-electron chi connectivity index (χ2n) is 7.83. The Morgan fingerprint density at radius 3 is 2.50 bits per heavy atom. The molecule has 0 spiro atoms. The third kappa shape index (κ3) is 4.06.